The van der Waals surface area contributed by atoms with Crippen LogP contribution in [0.1, 0.15) is 52.4 Å². The molecule has 1 fully saturated rings. The van der Waals surface area contributed by atoms with Gasteiger partial charge in [-0.25, -0.2) is 4.79 Å². The number of urea groups is 1. The average molecular weight is 270 g/mol. The van der Waals surface area contributed by atoms with Gasteiger partial charge in [-0.2, -0.15) is 0 Å². The Morgan fingerprint density at radius 3 is 2.68 bits per heavy atom. The summed E-state index contributed by atoms with van der Waals surface area (Å²) in [5.41, 5.74) is 0. The van der Waals surface area contributed by atoms with E-state index in [2.05, 4.69) is 19.2 Å². The summed E-state index contributed by atoms with van der Waals surface area (Å²) in [4.78, 5) is 13.6. The van der Waals surface area contributed by atoms with E-state index in [9.17, 15) is 9.90 Å². The van der Waals surface area contributed by atoms with Crippen molar-refractivity contribution in [1.29, 1.82) is 0 Å². The van der Waals surface area contributed by atoms with Crippen LogP contribution in [0.3, 0.4) is 0 Å². The Kier molecular flexibility index (Phi) is 7.21. The molecule has 0 aliphatic heterocycles. The van der Waals surface area contributed by atoms with Crippen LogP contribution in [0.5, 0.6) is 0 Å². The van der Waals surface area contributed by atoms with Crippen LogP contribution in [0.2, 0.25) is 0 Å². The highest BCUT2D eigenvalue weighted by Gasteiger charge is 2.25. The molecule has 19 heavy (non-hydrogen) atoms. The van der Waals surface area contributed by atoms with E-state index in [1.165, 1.54) is 6.42 Å². The van der Waals surface area contributed by atoms with Crippen LogP contribution >= 0.6 is 0 Å². The predicted molar refractivity (Wildman–Crippen MR) is 78.1 cm³/mol. The molecule has 112 valence electrons. The summed E-state index contributed by atoms with van der Waals surface area (Å²) >= 11 is 0. The molecule has 0 saturated heterocycles. The monoisotopic (exact) mass is 270 g/mol. The zero-order valence-electron chi connectivity index (χ0n) is 12.7. The van der Waals surface area contributed by atoms with Crippen LogP contribution in [-0.4, -0.2) is 42.3 Å². The maximum atomic E-state index is 11.9. The van der Waals surface area contributed by atoms with Gasteiger partial charge >= 0.3 is 6.03 Å². The van der Waals surface area contributed by atoms with Crippen LogP contribution < -0.4 is 5.32 Å². The number of aliphatic hydroxyl groups excluding tert-OH is 1. The van der Waals surface area contributed by atoms with E-state index in [0.717, 1.165) is 38.6 Å². The molecule has 4 nitrogen and oxygen atoms in total. The lowest BCUT2D eigenvalue weighted by molar-refractivity contribution is 0.0565. The lowest BCUT2D eigenvalue weighted by atomic mass is 9.86. The molecule has 0 aromatic carbocycles. The van der Waals surface area contributed by atoms with Crippen molar-refractivity contribution in [2.75, 3.05) is 20.1 Å². The van der Waals surface area contributed by atoms with Gasteiger partial charge in [0.05, 0.1) is 6.10 Å². The first kappa shape index (κ1) is 16.3. The number of carbonyl (C=O) groups excluding carboxylic acids is 1. The number of amides is 2. The summed E-state index contributed by atoms with van der Waals surface area (Å²) in [5.74, 6) is 0.937. The Morgan fingerprint density at radius 2 is 2.05 bits per heavy atom. The van der Waals surface area contributed by atoms with Crippen molar-refractivity contribution < 1.29 is 9.90 Å². The van der Waals surface area contributed by atoms with E-state index < -0.39 is 0 Å². The summed E-state index contributed by atoms with van der Waals surface area (Å²) in [6, 6.07) is -0.0125. The number of hydrogen-bond donors (Lipinski definition) is 2. The summed E-state index contributed by atoms with van der Waals surface area (Å²) in [6.07, 6.45) is 6.15. The fraction of sp³-hybridized carbons (Fsp3) is 0.933. The van der Waals surface area contributed by atoms with Crippen molar-refractivity contribution in [3.63, 3.8) is 0 Å². The average Bonchev–Trinajstić information content (AvgIpc) is 2.36. The quantitative estimate of drug-likeness (QED) is 0.729. The largest absolute Gasteiger partial charge is 0.393 e. The highest BCUT2D eigenvalue weighted by atomic mass is 16.3. The van der Waals surface area contributed by atoms with Gasteiger partial charge in [-0.3, -0.25) is 0 Å². The van der Waals surface area contributed by atoms with E-state index in [-0.39, 0.29) is 18.1 Å². The third kappa shape index (κ3) is 6.28. The second-order valence-electron chi connectivity index (χ2n) is 6.26. The number of nitrogens with zero attached hydrogens (tertiary/aromatic N) is 1. The third-order valence-electron chi connectivity index (χ3n) is 3.96. The lowest BCUT2D eigenvalue weighted by Gasteiger charge is -2.31. The Labute approximate surface area is 117 Å². The molecule has 1 rings (SSSR count). The molecule has 2 atom stereocenters. The highest BCUT2D eigenvalue weighted by Crippen LogP contribution is 2.24. The van der Waals surface area contributed by atoms with Gasteiger partial charge in [0, 0.05) is 26.1 Å². The SMILES string of the molecule is CC(C)CCCNC(=O)N(C)CC1CCCCC1O. The number of carbonyl (C=O) groups is 1. The summed E-state index contributed by atoms with van der Waals surface area (Å²) in [6.45, 7) is 5.79. The molecule has 2 amide bonds. The van der Waals surface area contributed by atoms with Crippen LogP contribution in [0.15, 0.2) is 0 Å². The molecule has 0 aromatic heterocycles. The van der Waals surface area contributed by atoms with E-state index in [1.807, 2.05) is 7.05 Å². The van der Waals surface area contributed by atoms with Crippen molar-refractivity contribution in [3.05, 3.63) is 0 Å². The molecule has 1 aliphatic rings. The third-order valence-corrected chi connectivity index (χ3v) is 3.96. The molecule has 0 spiro atoms. The number of hydrogen-bond acceptors (Lipinski definition) is 2. The van der Waals surface area contributed by atoms with Gasteiger partial charge < -0.3 is 15.3 Å². The van der Waals surface area contributed by atoms with Gasteiger partial charge in [0.1, 0.15) is 0 Å². The predicted octanol–water partition coefficient (Wildman–Crippen LogP) is 2.62. The first-order chi connectivity index (χ1) is 9.00. The van der Waals surface area contributed by atoms with Crippen LogP contribution in [0, 0.1) is 11.8 Å². The first-order valence-electron chi connectivity index (χ1n) is 7.67. The molecule has 2 unspecified atom stereocenters. The first-order valence-corrected chi connectivity index (χ1v) is 7.67. The van der Waals surface area contributed by atoms with E-state index in [0.29, 0.717) is 12.5 Å². The Hall–Kier alpha value is -0.770. The minimum absolute atomic E-state index is 0.0125. The maximum Gasteiger partial charge on any atom is 0.317 e. The van der Waals surface area contributed by atoms with Crippen molar-refractivity contribution in [3.8, 4) is 0 Å². The van der Waals surface area contributed by atoms with Crippen molar-refractivity contribution in [2.45, 2.75) is 58.5 Å². The zero-order valence-corrected chi connectivity index (χ0v) is 12.7. The Bertz CT molecular complexity index is 269. The molecule has 0 aromatic rings. The van der Waals surface area contributed by atoms with Gasteiger partial charge in [-0.15, -0.1) is 0 Å². The molecule has 0 heterocycles. The van der Waals surface area contributed by atoms with Crippen molar-refractivity contribution in [1.82, 2.24) is 10.2 Å². The Morgan fingerprint density at radius 1 is 1.37 bits per heavy atom. The molecule has 2 N–H and O–H groups in total. The highest BCUT2D eigenvalue weighted by molar-refractivity contribution is 5.73. The summed E-state index contributed by atoms with van der Waals surface area (Å²) in [7, 11) is 1.82. The maximum absolute atomic E-state index is 11.9. The molecule has 0 bridgehead atoms. The zero-order chi connectivity index (χ0) is 14.3. The number of rotatable bonds is 6. The fourth-order valence-electron chi connectivity index (χ4n) is 2.68. The van der Waals surface area contributed by atoms with Crippen LogP contribution in [0.4, 0.5) is 4.79 Å². The van der Waals surface area contributed by atoms with Crippen molar-refractivity contribution >= 4 is 6.03 Å². The number of nitrogens with one attached hydrogen (secondary N) is 1. The molecule has 0 radical (unpaired) electrons. The molecule has 1 saturated carbocycles. The molecule has 1 aliphatic carbocycles. The number of aliphatic hydroxyl groups is 1. The normalized spacial score (nSPS) is 23.4. The minimum Gasteiger partial charge on any atom is -0.393 e. The van der Waals surface area contributed by atoms with E-state index in [4.69, 9.17) is 0 Å². The second-order valence-corrected chi connectivity index (χ2v) is 6.26. The van der Waals surface area contributed by atoms with Gasteiger partial charge in [-0.1, -0.05) is 26.7 Å². The minimum atomic E-state index is -0.232. The summed E-state index contributed by atoms with van der Waals surface area (Å²) < 4.78 is 0. The molecular formula is C15H30N2O2. The molecule has 4 heteroatoms. The smallest absolute Gasteiger partial charge is 0.317 e. The standard InChI is InChI=1S/C15H30N2O2/c1-12(2)7-6-10-16-15(19)17(3)11-13-8-4-5-9-14(13)18/h12-14,18H,4-11H2,1-3H3,(H,16,19). The second kappa shape index (κ2) is 8.41. The van der Waals surface area contributed by atoms with Crippen LogP contribution in [-0.2, 0) is 0 Å². The summed E-state index contributed by atoms with van der Waals surface area (Å²) in [5, 5.41) is 12.9. The van der Waals surface area contributed by atoms with Gasteiger partial charge in [0.25, 0.3) is 0 Å². The lowest BCUT2D eigenvalue weighted by Crippen LogP contribution is -2.43. The van der Waals surface area contributed by atoms with Crippen molar-refractivity contribution in [2.24, 2.45) is 11.8 Å². The van der Waals surface area contributed by atoms with E-state index >= 15 is 0 Å². The van der Waals surface area contributed by atoms with E-state index in [1.54, 1.807) is 4.90 Å². The Balaban J connectivity index is 2.20. The van der Waals surface area contributed by atoms with Crippen LogP contribution in [0.25, 0.3) is 0 Å². The topological polar surface area (TPSA) is 52.6 Å². The fourth-order valence-corrected chi connectivity index (χ4v) is 2.68. The van der Waals surface area contributed by atoms with Gasteiger partial charge in [0.15, 0.2) is 0 Å². The van der Waals surface area contributed by atoms with Gasteiger partial charge in [-0.05, 0) is 31.6 Å². The molecular weight excluding hydrogens is 240 g/mol. The van der Waals surface area contributed by atoms with Gasteiger partial charge in [0.2, 0.25) is 0 Å².